The van der Waals surface area contributed by atoms with Crippen molar-refractivity contribution in [1.82, 2.24) is 15.3 Å². The molecule has 33 heavy (non-hydrogen) atoms. The number of benzene rings is 1. The molecule has 1 saturated heterocycles. The monoisotopic (exact) mass is 494 g/mol. The zero-order chi connectivity index (χ0) is 23.8. The Morgan fingerprint density at radius 1 is 1.30 bits per heavy atom. The van der Waals surface area contributed by atoms with E-state index in [4.69, 9.17) is 12.2 Å². The van der Waals surface area contributed by atoms with Crippen LogP contribution in [0.3, 0.4) is 0 Å². The van der Waals surface area contributed by atoms with Crippen LogP contribution in [0.1, 0.15) is 49.4 Å². The van der Waals surface area contributed by atoms with E-state index in [1.165, 1.54) is 17.4 Å². The molecule has 1 fully saturated rings. The Morgan fingerprint density at radius 2 is 2.03 bits per heavy atom. The van der Waals surface area contributed by atoms with Gasteiger partial charge in [-0.2, -0.15) is 13.2 Å². The molecule has 0 aliphatic carbocycles. The smallest absolute Gasteiger partial charge is 0.356 e. The van der Waals surface area contributed by atoms with Gasteiger partial charge in [0.05, 0.1) is 16.1 Å². The number of carbonyl (C=O) groups is 1. The second kappa shape index (κ2) is 9.42. The molecule has 0 saturated carbocycles. The lowest BCUT2D eigenvalue weighted by Crippen LogP contribution is -2.35. The number of rotatable bonds is 5. The molecule has 0 bridgehead atoms. The molecule has 1 unspecified atom stereocenters. The summed E-state index contributed by atoms with van der Waals surface area (Å²) < 4.78 is 41.5. The van der Waals surface area contributed by atoms with Crippen molar-refractivity contribution in [3.05, 3.63) is 51.1 Å². The van der Waals surface area contributed by atoms with Gasteiger partial charge in [0.2, 0.25) is 5.91 Å². The fourth-order valence-corrected chi connectivity index (χ4v) is 5.15. The summed E-state index contributed by atoms with van der Waals surface area (Å²) in [6, 6.07) is 8.12. The number of pyridine rings is 1. The van der Waals surface area contributed by atoms with Gasteiger partial charge in [0.1, 0.15) is 11.5 Å². The fourth-order valence-electron chi connectivity index (χ4n) is 3.99. The Labute approximate surface area is 199 Å². The Balaban J connectivity index is 1.52. The van der Waals surface area contributed by atoms with E-state index in [0.29, 0.717) is 34.3 Å². The summed E-state index contributed by atoms with van der Waals surface area (Å²) in [7, 11) is 0. The first-order valence-electron chi connectivity index (χ1n) is 10.8. The van der Waals surface area contributed by atoms with E-state index in [-0.39, 0.29) is 12.5 Å². The maximum Gasteiger partial charge on any atom is 0.433 e. The van der Waals surface area contributed by atoms with Gasteiger partial charge in [-0.15, -0.1) is 11.3 Å². The topological polar surface area (TPSA) is 61.0 Å². The molecule has 1 atom stereocenters. The van der Waals surface area contributed by atoms with E-state index in [0.717, 1.165) is 34.7 Å². The average molecular weight is 495 g/mol. The van der Waals surface area contributed by atoms with E-state index in [2.05, 4.69) is 22.2 Å². The number of piperidine rings is 1. The van der Waals surface area contributed by atoms with Gasteiger partial charge in [0, 0.05) is 25.2 Å². The molecule has 3 heterocycles. The fraction of sp³-hybridized carbons (Fsp3) is 0.435. The van der Waals surface area contributed by atoms with Gasteiger partial charge >= 0.3 is 6.18 Å². The molecule has 0 spiro atoms. The number of fused-ring (bicyclic) bond motifs is 1. The van der Waals surface area contributed by atoms with Crippen molar-refractivity contribution in [2.24, 2.45) is 5.92 Å². The Kier molecular flexibility index (Phi) is 6.76. The Morgan fingerprint density at radius 3 is 2.73 bits per heavy atom. The number of nitrogens with one attached hydrogen (secondary N) is 2. The zero-order valence-electron chi connectivity index (χ0n) is 18.3. The molecule has 4 rings (SSSR count). The van der Waals surface area contributed by atoms with E-state index >= 15 is 0 Å². The van der Waals surface area contributed by atoms with Crippen LogP contribution in [0.4, 0.5) is 19.0 Å². The van der Waals surface area contributed by atoms with E-state index < -0.39 is 17.8 Å². The van der Waals surface area contributed by atoms with Crippen LogP contribution in [0.2, 0.25) is 0 Å². The number of aromatic amines is 1. The molecule has 1 aromatic carbocycles. The highest BCUT2D eigenvalue weighted by molar-refractivity contribution is 7.73. The number of H-pyrrole nitrogens is 1. The molecule has 2 N–H and O–H groups in total. The summed E-state index contributed by atoms with van der Waals surface area (Å²) in [4.78, 5) is 21.8. The number of thiazole rings is 1. The summed E-state index contributed by atoms with van der Waals surface area (Å²) in [5.41, 5.74) is 1.44. The number of hydrogen-bond acceptors (Lipinski definition) is 5. The summed E-state index contributed by atoms with van der Waals surface area (Å²) in [5.74, 6) is 0.211. The molecule has 1 amide bonds. The minimum atomic E-state index is -4.52. The number of aromatic nitrogens is 2. The number of carbonyl (C=O) groups excluding carboxylic acids is 1. The van der Waals surface area contributed by atoms with Gasteiger partial charge in [-0.1, -0.05) is 19.1 Å². The van der Waals surface area contributed by atoms with Crippen LogP contribution in [0.5, 0.6) is 0 Å². The normalized spacial score (nSPS) is 16.2. The van der Waals surface area contributed by atoms with Gasteiger partial charge in [-0.3, -0.25) is 4.79 Å². The number of nitrogens with zero attached hydrogens (tertiary/aromatic N) is 2. The minimum absolute atomic E-state index is 0.112. The van der Waals surface area contributed by atoms with Gasteiger partial charge in [0.15, 0.2) is 3.95 Å². The summed E-state index contributed by atoms with van der Waals surface area (Å²) in [6.45, 7) is 5.35. The maximum absolute atomic E-state index is 13.3. The number of amides is 1. The van der Waals surface area contributed by atoms with Crippen LogP contribution in [-0.2, 0) is 17.5 Å². The van der Waals surface area contributed by atoms with Crippen LogP contribution < -0.4 is 10.2 Å². The lowest BCUT2D eigenvalue weighted by atomic mass is 9.98. The maximum atomic E-state index is 13.3. The number of anilines is 1. The third kappa shape index (κ3) is 5.38. The van der Waals surface area contributed by atoms with Crippen molar-refractivity contribution in [1.29, 1.82) is 0 Å². The number of hydrogen-bond donors (Lipinski definition) is 2. The van der Waals surface area contributed by atoms with Crippen LogP contribution >= 0.6 is 23.6 Å². The summed E-state index contributed by atoms with van der Waals surface area (Å²) in [5, 5.41) is 2.89. The molecule has 0 radical (unpaired) electrons. The molecule has 176 valence electrons. The summed E-state index contributed by atoms with van der Waals surface area (Å²) >= 11 is 6.63. The van der Waals surface area contributed by atoms with Gasteiger partial charge in [-0.25, -0.2) is 4.98 Å². The highest BCUT2D eigenvalue weighted by Crippen LogP contribution is 2.32. The van der Waals surface area contributed by atoms with Crippen molar-refractivity contribution in [2.45, 2.75) is 45.3 Å². The van der Waals surface area contributed by atoms with Crippen molar-refractivity contribution in [3.63, 3.8) is 0 Å². The predicted octanol–water partition coefficient (Wildman–Crippen LogP) is 6.03. The van der Waals surface area contributed by atoms with Crippen LogP contribution in [0.25, 0.3) is 10.2 Å². The van der Waals surface area contributed by atoms with Crippen molar-refractivity contribution in [2.75, 3.05) is 18.0 Å². The lowest BCUT2D eigenvalue weighted by Gasteiger charge is -2.33. The Hall–Kier alpha value is -2.46. The predicted molar refractivity (Wildman–Crippen MR) is 127 cm³/mol. The highest BCUT2D eigenvalue weighted by Gasteiger charge is 2.34. The standard InChI is InChI=1S/C23H25F3N4OS2/c1-13-7-9-30(10-8-13)20-16(4-6-19(29-20)23(24,25)26)12-27-21(31)14(2)15-3-5-17-18(11-15)33-22(32)28-17/h3-6,11,13-14H,7-10,12H2,1-2H3,(H,27,31)(H,28,32). The second-order valence-electron chi connectivity index (χ2n) is 8.56. The molecule has 5 nitrogen and oxygen atoms in total. The van der Waals surface area contributed by atoms with E-state index in [1.54, 1.807) is 6.92 Å². The van der Waals surface area contributed by atoms with Crippen LogP contribution in [0.15, 0.2) is 30.3 Å². The highest BCUT2D eigenvalue weighted by atomic mass is 32.1. The van der Waals surface area contributed by atoms with E-state index in [1.807, 2.05) is 23.1 Å². The lowest BCUT2D eigenvalue weighted by molar-refractivity contribution is -0.141. The first kappa shape index (κ1) is 23.7. The molecule has 1 aliphatic heterocycles. The number of alkyl halides is 3. The molecule has 3 aromatic rings. The quantitative estimate of drug-likeness (QED) is 0.425. The molecule has 1 aliphatic rings. The summed E-state index contributed by atoms with van der Waals surface area (Å²) in [6.07, 6.45) is -2.72. The molecule has 10 heteroatoms. The minimum Gasteiger partial charge on any atom is -0.356 e. The van der Waals surface area contributed by atoms with Gasteiger partial charge in [0.25, 0.3) is 0 Å². The molecule has 2 aromatic heterocycles. The van der Waals surface area contributed by atoms with Gasteiger partial charge < -0.3 is 15.2 Å². The first-order chi connectivity index (χ1) is 15.6. The SMILES string of the molecule is CC1CCN(c2nc(C(F)(F)F)ccc2CNC(=O)C(C)c2ccc3[nH]c(=S)sc3c2)CC1. The third-order valence-corrected chi connectivity index (χ3v) is 7.32. The first-order valence-corrected chi connectivity index (χ1v) is 12.1. The van der Waals surface area contributed by atoms with Crippen molar-refractivity contribution in [3.8, 4) is 0 Å². The molecular weight excluding hydrogens is 469 g/mol. The average Bonchev–Trinajstić information content (AvgIpc) is 3.16. The van der Waals surface area contributed by atoms with Crippen LogP contribution in [-0.4, -0.2) is 29.0 Å². The van der Waals surface area contributed by atoms with Crippen LogP contribution in [0, 0.1) is 9.87 Å². The zero-order valence-corrected chi connectivity index (χ0v) is 20.0. The van der Waals surface area contributed by atoms with Crippen molar-refractivity contribution >= 4 is 45.5 Å². The van der Waals surface area contributed by atoms with Crippen molar-refractivity contribution < 1.29 is 18.0 Å². The molecular formula is C23H25F3N4OS2. The third-order valence-electron chi connectivity index (χ3n) is 6.12. The van der Waals surface area contributed by atoms with E-state index in [9.17, 15) is 18.0 Å². The number of halogens is 3. The Bertz CT molecular complexity index is 1210. The second-order valence-corrected chi connectivity index (χ2v) is 10.3. The largest absolute Gasteiger partial charge is 0.433 e. The van der Waals surface area contributed by atoms with Gasteiger partial charge in [-0.05, 0) is 61.7 Å².